The van der Waals surface area contributed by atoms with E-state index in [2.05, 4.69) is 5.48 Å². The zero-order valence-electron chi connectivity index (χ0n) is 5.02. The number of hydrogen-bond acceptors (Lipinski definition) is 3. The minimum atomic E-state index is 0.278. The van der Waals surface area contributed by atoms with Gasteiger partial charge in [0.2, 0.25) is 0 Å². The van der Waals surface area contributed by atoms with Crippen molar-refractivity contribution in [1.29, 1.82) is 0 Å². The molecule has 1 fully saturated rings. The fourth-order valence-electron chi connectivity index (χ4n) is 0.773. The van der Waals surface area contributed by atoms with E-state index in [1.54, 1.807) is 7.05 Å². The van der Waals surface area contributed by atoms with Crippen molar-refractivity contribution in [3.05, 3.63) is 0 Å². The molecule has 48 valence electrons. The second kappa shape index (κ2) is 3.02. The van der Waals surface area contributed by atoms with Gasteiger partial charge in [-0.2, -0.15) is 0 Å². The van der Waals surface area contributed by atoms with Crippen LogP contribution >= 0.6 is 0 Å². The van der Waals surface area contributed by atoms with Gasteiger partial charge in [0.1, 0.15) is 6.10 Å². The minimum Gasteiger partial charge on any atom is -0.379 e. The monoisotopic (exact) mass is 117 g/mol. The van der Waals surface area contributed by atoms with Crippen molar-refractivity contribution >= 4 is 0 Å². The number of hydroxylamine groups is 1. The highest BCUT2D eigenvalue weighted by Gasteiger charge is 2.14. The summed E-state index contributed by atoms with van der Waals surface area (Å²) in [5.41, 5.74) is 2.63. The van der Waals surface area contributed by atoms with Gasteiger partial charge in [0.05, 0.1) is 6.61 Å². The van der Waals surface area contributed by atoms with Crippen molar-refractivity contribution in [3.8, 4) is 0 Å². The SMILES string of the molecule is CNOC1CCOC1. The standard InChI is InChI=1S/C5H11NO2/c1-6-8-5-2-3-7-4-5/h5-6H,2-4H2,1H3. The van der Waals surface area contributed by atoms with Crippen LogP contribution in [-0.2, 0) is 9.57 Å². The van der Waals surface area contributed by atoms with Gasteiger partial charge in [0.25, 0.3) is 0 Å². The van der Waals surface area contributed by atoms with E-state index in [1.807, 2.05) is 0 Å². The molecular formula is C5H11NO2. The highest BCUT2D eigenvalue weighted by Crippen LogP contribution is 2.05. The first-order valence-corrected chi connectivity index (χ1v) is 2.83. The Morgan fingerprint density at radius 1 is 1.75 bits per heavy atom. The van der Waals surface area contributed by atoms with Crippen molar-refractivity contribution in [2.75, 3.05) is 20.3 Å². The van der Waals surface area contributed by atoms with Crippen LogP contribution in [0.5, 0.6) is 0 Å². The summed E-state index contributed by atoms with van der Waals surface area (Å²) in [6.07, 6.45) is 1.29. The quantitative estimate of drug-likeness (QED) is 0.513. The van der Waals surface area contributed by atoms with Crippen molar-refractivity contribution in [2.45, 2.75) is 12.5 Å². The lowest BCUT2D eigenvalue weighted by atomic mass is 10.3. The van der Waals surface area contributed by atoms with Crippen molar-refractivity contribution in [3.63, 3.8) is 0 Å². The van der Waals surface area contributed by atoms with Crippen LogP contribution in [0.1, 0.15) is 6.42 Å². The van der Waals surface area contributed by atoms with E-state index in [9.17, 15) is 0 Å². The molecule has 1 aliphatic heterocycles. The fraction of sp³-hybridized carbons (Fsp3) is 1.00. The maximum Gasteiger partial charge on any atom is 0.104 e. The highest BCUT2D eigenvalue weighted by molar-refractivity contribution is 4.60. The Balaban J connectivity index is 2.06. The van der Waals surface area contributed by atoms with Crippen LogP contribution in [0.2, 0.25) is 0 Å². The van der Waals surface area contributed by atoms with Gasteiger partial charge < -0.3 is 4.74 Å². The summed E-state index contributed by atoms with van der Waals surface area (Å²) < 4.78 is 5.04. The molecule has 3 nitrogen and oxygen atoms in total. The molecule has 0 aliphatic carbocycles. The molecule has 0 radical (unpaired) electrons. The minimum absolute atomic E-state index is 0.278. The van der Waals surface area contributed by atoms with E-state index in [4.69, 9.17) is 9.57 Å². The first-order valence-electron chi connectivity index (χ1n) is 2.83. The van der Waals surface area contributed by atoms with Crippen LogP contribution in [0.4, 0.5) is 0 Å². The average Bonchev–Trinajstić information content (AvgIpc) is 2.19. The van der Waals surface area contributed by atoms with E-state index in [0.29, 0.717) is 0 Å². The lowest BCUT2D eigenvalue weighted by Crippen LogP contribution is -2.20. The van der Waals surface area contributed by atoms with E-state index >= 15 is 0 Å². The molecule has 0 bridgehead atoms. The molecule has 0 aromatic carbocycles. The number of rotatable bonds is 2. The van der Waals surface area contributed by atoms with Gasteiger partial charge in [-0.1, -0.05) is 0 Å². The van der Waals surface area contributed by atoms with Gasteiger partial charge >= 0.3 is 0 Å². The summed E-state index contributed by atoms with van der Waals surface area (Å²) in [4.78, 5) is 5.03. The number of nitrogens with one attached hydrogen (secondary N) is 1. The molecule has 1 heterocycles. The van der Waals surface area contributed by atoms with E-state index in [0.717, 1.165) is 19.6 Å². The molecule has 1 rings (SSSR count). The molecule has 1 saturated heterocycles. The topological polar surface area (TPSA) is 30.5 Å². The normalized spacial score (nSPS) is 28.9. The first-order chi connectivity index (χ1) is 3.93. The van der Waals surface area contributed by atoms with E-state index in [1.165, 1.54) is 0 Å². The van der Waals surface area contributed by atoms with Gasteiger partial charge in [-0.15, -0.1) is 0 Å². The smallest absolute Gasteiger partial charge is 0.104 e. The Hall–Kier alpha value is -0.120. The molecule has 1 N–H and O–H groups in total. The van der Waals surface area contributed by atoms with Crippen molar-refractivity contribution in [1.82, 2.24) is 5.48 Å². The van der Waals surface area contributed by atoms with Crippen molar-refractivity contribution in [2.24, 2.45) is 0 Å². The second-order valence-electron chi connectivity index (χ2n) is 1.81. The van der Waals surface area contributed by atoms with Gasteiger partial charge in [-0.3, -0.25) is 4.84 Å². The molecule has 1 atom stereocenters. The van der Waals surface area contributed by atoms with Crippen LogP contribution in [0, 0.1) is 0 Å². The number of ether oxygens (including phenoxy) is 1. The zero-order chi connectivity index (χ0) is 5.82. The summed E-state index contributed by atoms with van der Waals surface area (Å²) in [5, 5.41) is 0. The number of hydrogen-bond donors (Lipinski definition) is 1. The average molecular weight is 117 g/mol. The van der Waals surface area contributed by atoms with Gasteiger partial charge in [0.15, 0.2) is 0 Å². The fourth-order valence-corrected chi connectivity index (χ4v) is 0.773. The summed E-state index contributed by atoms with van der Waals surface area (Å²) in [6, 6.07) is 0. The zero-order valence-corrected chi connectivity index (χ0v) is 5.02. The largest absolute Gasteiger partial charge is 0.379 e. The van der Waals surface area contributed by atoms with Gasteiger partial charge in [-0.25, -0.2) is 5.48 Å². The molecule has 0 aromatic heterocycles. The molecule has 1 aliphatic rings. The third-order valence-electron chi connectivity index (χ3n) is 1.17. The van der Waals surface area contributed by atoms with Crippen molar-refractivity contribution < 1.29 is 9.57 Å². The summed E-state index contributed by atoms with van der Waals surface area (Å²) in [5.74, 6) is 0. The maximum atomic E-state index is 5.04. The van der Waals surface area contributed by atoms with Crippen LogP contribution in [0.25, 0.3) is 0 Å². The molecule has 0 aromatic rings. The van der Waals surface area contributed by atoms with Crippen LogP contribution in [0.15, 0.2) is 0 Å². The highest BCUT2D eigenvalue weighted by atomic mass is 16.7. The Morgan fingerprint density at radius 2 is 2.62 bits per heavy atom. The third-order valence-corrected chi connectivity index (χ3v) is 1.17. The van der Waals surface area contributed by atoms with Crippen LogP contribution in [-0.4, -0.2) is 26.4 Å². The van der Waals surface area contributed by atoms with Crippen LogP contribution < -0.4 is 5.48 Å². The predicted molar refractivity (Wildman–Crippen MR) is 29.4 cm³/mol. The molecule has 8 heavy (non-hydrogen) atoms. The lowest BCUT2D eigenvalue weighted by Gasteiger charge is -2.04. The molecule has 0 spiro atoms. The molecular weight excluding hydrogens is 106 g/mol. The van der Waals surface area contributed by atoms with E-state index in [-0.39, 0.29) is 6.10 Å². The summed E-state index contributed by atoms with van der Waals surface area (Å²) >= 11 is 0. The molecule has 3 heteroatoms. The Kier molecular flexibility index (Phi) is 2.27. The van der Waals surface area contributed by atoms with Gasteiger partial charge in [-0.05, 0) is 0 Å². The maximum absolute atomic E-state index is 5.04. The predicted octanol–water partition coefficient (Wildman–Crippen LogP) is -0.0737. The lowest BCUT2D eigenvalue weighted by molar-refractivity contribution is -0.0154. The summed E-state index contributed by atoms with van der Waals surface area (Å²) in [7, 11) is 1.76. The molecule has 0 saturated carbocycles. The third kappa shape index (κ3) is 1.43. The first kappa shape index (κ1) is 6.01. The van der Waals surface area contributed by atoms with E-state index < -0.39 is 0 Å². The van der Waals surface area contributed by atoms with Gasteiger partial charge in [0, 0.05) is 20.1 Å². The summed E-state index contributed by atoms with van der Waals surface area (Å²) in [6.45, 7) is 1.58. The Labute approximate surface area is 48.9 Å². The Bertz CT molecular complexity index is 61.4. The van der Waals surface area contributed by atoms with Crippen LogP contribution in [0.3, 0.4) is 0 Å². The Morgan fingerprint density at radius 3 is 3.12 bits per heavy atom. The molecule has 0 amide bonds. The molecule has 1 unspecified atom stereocenters. The second-order valence-corrected chi connectivity index (χ2v) is 1.81.